The number of H-pyrrole nitrogens is 1. The van der Waals surface area contributed by atoms with Crippen LogP contribution in [-0.2, 0) is 11.3 Å². The van der Waals surface area contributed by atoms with Crippen LogP contribution in [0.4, 0.5) is 0 Å². The summed E-state index contributed by atoms with van der Waals surface area (Å²) in [7, 11) is 0. The number of nitrogens with one attached hydrogen (secondary N) is 2. The van der Waals surface area contributed by atoms with Crippen LogP contribution in [0.1, 0.15) is 37.9 Å². The Morgan fingerprint density at radius 1 is 1.56 bits per heavy atom. The van der Waals surface area contributed by atoms with Gasteiger partial charge in [-0.25, -0.2) is 0 Å². The van der Waals surface area contributed by atoms with E-state index in [0.717, 1.165) is 17.7 Å². The Balaban J connectivity index is 2.34. The van der Waals surface area contributed by atoms with Crippen molar-refractivity contribution in [2.75, 3.05) is 6.54 Å². The molecule has 4 N–H and O–H groups in total. The van der Waals surface area contributed by atoms with Crippen LogP contribution in [0.15, 0.2) is 6.20 Å². The van der Waals surface area contributed by atoms with Crippen LogP contribution in [0, 0.1) is 18.8 Å². The minimum atomic E-state index is 0.0618. The molecule has 1 rings (SSSR count). The molecule has 0 saturated heterocycles. The first-order valence-electron chi connectivity index (χ1n) is 6.48. The van der Waals surface area contributed by atoms with Gasteiger partial charge in [0.1, 0.15) is 0 Å². The van der Waals surface area contributed by atoms with E-state index in [-0.39, 0.29) is 11.8 Å². The highest BCUT2D eigenvalue weighted by Gasteiger charge is 2.14. The van der Waals surface area contributed by atoms with Crippen LogP contribution in [0.3, 0.4) is 0 Å². The Morgan fingerprint density at radius 2 is 2.28 bits per heavy atom. The normalized spacial score (nSPS) is 12.7. The molecular formula is C13H24N4O. The van der Waals surface area contributed by atoms with E-state index in [2.05, 4.69) is 29.4 Å². The van der Waals surface area contributed by atoms with Gasteiger partial charge in [0.2, 0.25) is 5.91 Å². The smallest absolute Gasteiger partial charge is 0.220 e. The zero-order chi connectivity index (χ0) is 13.5. The maximum Gasteiger partial charge on any atom is 0.220 e. The van der Waals surface area contributed by atoms with Crippen molar-refractivity contribution in [1.29, 1.82) is 0 Å². The van der Waals surface area contributed by atoms with Gasteiger partial charge in [-0.1, -0.05) is 13.8 Å². The number of amides is 1. The molecule has 0 bridgehead atoms. The van der Waals surface area contributed by atoms with E-state index in [1.165, 1.54) is 0 Å². The number of aromatic nitrogens is 2. The number of carbonyl (C=O) groups excluding carboxylic acids is 1. The summed E-state index contributed by atoms with van der Waals surface area (Å²) in [6.45, 7) is 7.33. The van der Waals surface area contributed by atoms with Crippen LogP contribution >= 0.6 is 0 Å². The first kappa shape index (κ1) is 14.7. The van der Waals surface area contributed by atoms with Crippen LogP contribution in [0.25, 0.3) is 0 Å². The van der Waals surface area contributed by atoms with Crippen molar-refractivity contribution in [2.24, 2.45) is 17.6 Å². The minimum absolute atomic E-state index is 0.0618. The molecule has 1 atom stereocenters. The summed E-state index contributed by atoms with van der Waals surface area (Å²) in [5, 5.41) is 9.68. The predicted octanol–water partition coefficient (Wildman–Crippen LogP) is 1.35. The molecule has 1 amide bonds. The molecular weight excluding hydrogens is 228 g/mol. The lowest BCUT2D eigenvalue weighted by atomic mass is 9.94. The summed E-state index contributed by atoms with van der Waals surface area (Å²) >= 11 is 0. The van der Waals surface area contributed by atoms with E-state index in [1.807, 2.05) is 6.92 Å². The lowest BCUT2D eigenvalue weighted by Crippen LogP contribution is -2.28. The molecule has 0 aliphatic carbocycles. The predicted molar refractivity (Wildman–Crippen MR) is 71.8 cm³/mol. The van der Waals surface area contributed by atoms with E-state index < -0.39 is 0 Å². The molecule has 0 aromatic carbocycles. The SMILES string of the molecule is Cc1[nH]ncc1CNC(=O)C[C@@H](CN)CC(C)C. The van der Waals surface area contributed by atoms with E-state index >= 15 is 0 Å². The number of aryl methyl sites for hydroxylation is 1. The van der Waals surface area contributed by atoms with Gasteiger partial charge in [-0.2, -0.15) is 5.10 Å². The summed E-state index contributed by atoms with van der Waals surface area (Å²) < 4.78 is 0. The van der Waals surface area contributed by atoms with Crippen LogP contribution in [0.5, 0.6) is 0 Å². The summed E-state index contributed by atoms with van der Waals surface area (Å²) in [4.78, 5) is 11.8. The summed E-state index contributed by atoms with van der Waals surface area (Å²) in [5.74, 6) is 0.907. The molecule has 5 heteroatoms. The first-order chi connectivity index (χ1) is 8.52. The highest BCUT2D eigenvalue weighted by Crippen LogP contribution is 2.14. The summed E-state index contributed by atoms with van der Waals surface area (Å²) in [5.41, 5.74) is 7.71. The second-order valence-corrected chi connectivity index (χ2v) is 5.23. The molecule has 0 unspecified atom stereocenters. The molecule has 102 valence electrons. The molecule has 0 aliphatic rings. The monoisotopic (exact) mass is 252 g/mol. The summed E-state index contributed by atoms with van der Waals surface area (Å²) in [6.07, 6.45) is 3.24. The van der Waals surface area contributed by atoms with Crippen LogP contribution in [0.2, 0.25) is 0 Å². The average molecular weight is 252 g/mol. The van der Waals surface area contributed by atoms with Crippen molar-refractivity contribution in [1.82, 2.24) is 15.5 Å². The third-order valence-electron chi connectivity index (χ3n) is 3.02. The average Bonchev–Trinajstić information content (AvgIpc) is 2.70. The Labute approximate surface area is 109 Å². The Bertz CT molecular complexity index is 373. The highest BCUT2D eigenvalue weighted by molar-refractivity contribution is 5.76. The number of carbonyl (C=O) groups is 1. The second-order valence-electron chi connectivity index (χ2n) is 5.23. The van der Waals surface area contributed by atoms with Gasteiger partial charge in [-0.3, -0.25) is 9.89 Å². The van der Waals surface area contributed by atoms with Gasteiger partial charge in [0.25, 0.3) is 0 Å². The van der Waals surface area contributed by atoms with Crippen molar-refractivity contribution in [3.8, 4) is 0 Å². The molecule has 0 aliphatic heterocycles. The van der Waals surface area contributed by atoms with Crippen molar-refractivity contribution in [3.05, 3.63) is 17.5 Å². The third-order valence-corrected chi connectivity index (χ3v) is 3.02. The molecule has 0 spiro atoms. The number of hydrogen-bond acceptors (Lipinski definition) is 3. The standard InChI is InChI=1S/C13H24N4O/c1-9(2)4-11(6-14)5-13(18)15-7-12-8-16-17-10(12)3/h8-9,11H,4-7,14H2,1-3H3,(H,15,18)(H,16,17)/t11-/m0/s1. The minimum Gasteiger partial charge on any atom is -0.352 e. The van der Waals surface area contributed by atoms with Gasteiger partial charge in [0.15, 0.2) is 0 Å². The second kappa shape index (κ2) is 7.16. The van der Waals surface area contributed by atoms with E-state index in [1.54, 1.807) is 6.20 Å². The highest BCUT2D eigenvalue weighted by atomic mass is 16.1. The van der Waals surface area contributed by atoms with Gasteiger partial charge in [0.05, 0.1) is 6.20 Å². The maximum absolute atomic E-state index is 11.8. The van der Waals surface area contributed by atoms with E-state index in [0.29, 0.717) is 25.4 Å². The summed E-state index contributed by atoms with van der Waals surface area (Å²) in [6, 6.07) is 0. The molecule has 5 nitrogen and oxygen atoms in total. The van der Waals surface area contributed by atoms with E-state index in [9.17, 15) is 4.79 Å². The van der Waals surface area contributed by atoms with Gasteiger partial charge >= 0.3 is 0 Å². The zero-order valence-electron chi connectivity index (χ0n) is 11.5. The van der Waals surface area contributed by atoms with Gasteiger partial charge < -0.3 is 11.1 Å². The zero-order valence-corrected chi connectivity index (χ0v) is 11.5. The molecule has 1 heterocycles. The number of rotatable bonds is 7. The van der Waals surface area contributed by atoms with Crippen LogP contribution in [-0.4, -0.2) is 22.6 Å². The fourth-order valence-corrected chi connectivity index (χ4v) is 2.01. The molecule has 1 aromatic rings. The number of nitrogens with zero attached hydrogens (tertiary/aromatic N) is 1. The lowest BCUT2D eigenvalue weighted by Gasteiger charge is -2.16. The topological polar surface area (TPSA) is 83.8 Å². The van der Waals surface area contributed by atoms with E-state index in [4.69, 9.17) is 5.73 Å². The Kier molecular flexibility index (Phi) is 5.85. The molecule has 1 aromatic heterocycles. The first-order valence-corrected chi connectivity index (χ1v) is 6.48. The molecule has 0 fully saturated rings. The van der Waals surface area contributed by atoms with Gasteiger partial charge in [0, 0.05) is 24.2 Å². The Morgan fingerprint density at radius 3 is 2.78 bits per heavy atom. The molecule has 0 radical (unpaired) electrons. The van der Waals surface area contributed by atoms with Crippen LogP contribution < -0.4 is 11.1 Å². The van der Waals surface area contributed by atoms with Crippen molar-refractivity contribution in [2.45, 2.75) is 40.2 Å². The number of aromatic amines is 1. The Hall–Kier alpha value is -1.36. The fraction of sp³-hybridized carbons (Fsp3) is 0.692. The maximum atomic E-state index is 11.8. The van der Waals surface area contributed by atoms with Crippen molar-refractivity contribution < 1.29 is 4.79 Å². The lowest BCUT2D eigenvalue weighted by molar-refractivity contribution is -0.122. The number of nitrogens with two attached hydrogens (primary N) is 1. The third kappa shape index (κ3) is 4.87. The van der Waals surface area contributed by atoms with Crippen molar-refractivity contribution >= 4 is 5.91 Å². The largest absolute Gasteiger partial charge is 0.352 e. The quantitative estimate of drug-likeness (QED) is 0.685. The van der Waals surface area contributed by atoms with Crippen molar-refractivity contribution in [3.63, 3.8) is 0 Å². The molecule has 0 saturated carbocycles. The number of hydrogen-bond donors (Lipinski definition) is 3. The van der Waals surface area contributed by atoms with Gasteiger partial charge in [-0.05, 0) is 31.7 Å². The molecule has 18 heavy (non-hydrogen) atoms. The fourth-order valence-electron chi connectivity index (χ4n) is 2.01. The van der Waals surface area contributed by atoms with Gasteiger partial charge in [-0.15, -0.1) is 0 Å².